The molecule has 218 valence electrons. The summed E-state index contributed by atoms with van der Waals surface area (Å²) in [6.07, 6.45) is 0.308. The van der Waals surface area contributed by atoms with Crippen LogP contribution in [0.4, 0.5) is 30.6 Å². The SMILES string of the molecule is C=NC(=NC1CCCOCC1)Nc1c(C)nc(Nc2c(Cl)cc(C(F)(F)F)cc2Cl)n1C1CCC(C(N)=O)CC1. The van der Waals surface area contributed by atoms with Gasteiger partial charge in [-0.1, -0.05) is 23.2 Å². The van der Waals surface area contributed by atoms with Gasteiger partial charge >= 0.3 is 6.18 Å². The molecule has 1 aromatic heterocycles. The third kappa shape index (κ3) is 7.08. The molecule has 1 aliphatic heterocycles. The van der Waals surface area contributed by atoms with Crippen molar-refractivity contribution in [3.05, 3.63) is 33.4 Å². The first kappa shape index (κ1) is 30.1. The smallest absolute Gasteiger partial charge is 0.381 e. The number of alkyl halides is 3. The Balaban J connectivity index is 1.71. The first-order valence-corrected chi connectivity index (χ1v) is 13.8. The van der Waals surface area contributed by atoms with Gasteiger partial charge in [0.1, 0.15) is 5.82 Å². The molecule has 1 aromatic carbocycles. The number of nitrogens with one attached hydrogen (secondary N) is 2. The van der Waals surface area contributed by atoms with Crippen molar-refractivity contribution in [3.8, 4) is 0 Å². The number of aromatic nitrogens is 2. The van der Waals surface area contributed by atoms with E-state index in [1.807, 2.05) is 4.57 Å². The summed E-state index contributed by atoms with van der Waals surface area (Å²) in [4.78, 5) is 25.3. The van der Waals surface area contributed by atoms with Crippen molar-refractivity contribution in [2.75, 3.05) is 23.8 Å². The molecule has 1 atom stereocenters. The number of hydrogen-bond acceptors (Lipinski definition) is 5. The predicted octanol–water partition coefficient (Wildman–Crippen LogP) is 6.51. The molecular weight excluding hydrogens is 570 g/mol. The fourth-order valence-electron chi connectivity index (χ4n) is 5.13. The van der Waals surface area contributed by atoms with Gasteiger partial charge in [0.2, 0.25) is 17.8 Å². The van der Waals surface area contributed by atoms with Crippen molar-refractivity contribution in [1.82, 2.24) is 9.55 Å². The van der Waals surface area contributed by atoms with Crippen molar-refractivity contribution in [2.45, 2.75) is 70.1 Å². The molecule has 40 heavy (non-hydrogen) atoms. The predicted molar refractivity (Wildman–Crippen MR) is 151 cm³/mol. The Kier molecular flexibility index (Phi) is 9.63. The summed E-state index contributed by atoms with van der Waals surface area (Å²) in [6.45, 7) is 6.77. The normalized spacial score (nSPS) is 22.4. The number of carbonyl (C=O) groups is 1. The molecule has 1 unspecified atom stereocenters. The monoisotopic (exact) mass is 601 g/mol. The molecule has 0 spiro atoms. The van der Waals surface area contributed by atoms with Gasteiger partial charge < -0.3 is 21.1 Å². The number of hydrogen-bond donors (Lipinski definition) is 3. The molecule has 1 aliphatic carbocycles. The summed E-state index contributed by atoms with van der Waals surface area (Å²) in [7, 11) is 0. The van der Waals surface area contributed by atoms with E-state index in [1.54, 1.807) is 6.92 Å². The number of carbonyl (C=O) groups excluding carboxylic acids is 1. The fourth-order valence-corrected chi connectivity index (χ4v) is 5.72. The van der Waals surface area contributed by atoms with Crippen LogP contribution in [-0.2, 0) is 15.7 Å². The standard InChI is InChI=1S/C26H32Cl2F3N7O2/c1-14-23(37-24(33-2)35-17-4-3-10-40-11-9-17)38(18-7-5-15(6-8-18)22(32)39)25(34-14)36-21-19(27)12-16(13-20(21)28)26(29,30)31/h12-13,15,17-18H,2-11H2,1H3,(H2,32,39)(H,34,36)(H,35,37). The molecule has 2 aliphatic rings. The van der Waals surface area contributed by atoms with Crippen molar-refractivity contribution >= 4 is 59.2 Å². The average molecular weight is 602 g/mol. The third-order valence-electron chi connectivity index (χ3n) is 7.26. The van der Waals surface area contributed by atoms with Crippen LogP contribution < -0.4 is 16.4 Å². The van der Waals surface area contributed by atoms with Gasteiger partial charge in [-0.05, 0) is 70.7 Å². The topological polar surface area (TPSA) is 119 Å². The molecule has 2 heterocycles. The van der Waals surface area contributed by atoms with Crippen LogP contribution in [0.5, 0.6) is 0 Å². The Morgan fingerprint density at radius 2 is 1.82 bits per heavy atom. The summed E-state index contributed by atoms with van der Waals surface area (Å²) >= 11 is 12.5. The molecule has 1 saturated carbocycles. The van der Waals surface area contributed by atoms with Crippen molar-refractivity contribution in [1.29, 1.82) is 0 Å². The molecule has 1 amide bonds. The molecule has 4 rings (SSSR count). The highest BCUT2D eigenvalue weighted by molar-refractivity contribution is 6.39. The van der Waals surface area contributed by atoms with Crippen LogP contribution >= 0.6 is 23.2 Å². The van der Waals surface area contributed by atoms with E-state index in [-0.39, 0.29) is 39.6 Å². The Labute approximate surface area is 240 Å². The van der Waals surface area contributed by atoms with Gasteiger partial charge in [0.15, 0.2) is 0 Å². The molecule has 2 fully saturated rings. The average Bonchev–Trinajstić information content (AvgIpc) is 3.04. The number of halogens is 5. The van der Waals surface area contributed by atoms with Crippen molar-refractivity contribution in [2.24, 2.45) is 21.6 Å². The number of amides is 1. The van der Waals surface area contributed by atoms with Crippen LogP contribution in [0.25, 0.3) is 0 Å². The zero-order valence-electron chi connectivity index (χ0n) is 22.0. The summed E-state index contributed by atoms with van der Waals surface area (Å²) in [5.41, 5.74) is 5.26. The quantitative estimate of drug-likeness (QED) is 0.257. The number of anilines is 3. The summed E-state index contributed by atoms with van der Waals surface area (Å²) in [5.74, 6) is 0.659. The Hall–Kier alpha value is -2.83. The number of rotatable bonds is 6. The minimum absolute atomic E-state index is 0.0144. The minimum Gasteiger partial charge on any atom is -0.381 e. The van der Waals surface area contributed by atoms with Gasteiger partial charge in [0, 0.05) is 25.2 Å². The van der Waals surface area contributed by atoms with Crippen molar-refractivity contribution < 1.29 is 22.7 Å². The molecule has 14 heteroatoms. The van der Waals surface area contributed by atoms with Gasteiger partial charge in [-0.2, -0.15) is 13.2 Å². The molecule has 0 bridgehead atoms. The van der Waals surface area contributed by atoms with E-state index in [1.165, 1.54) is 0 Å². The lowest BCUT2D eigenvalue weighted by molar-refractivity contribution is -0.137. The Morgan fingerprint density at radius 3 is 2.42 bits per heavy atom. The van der Waals surface area contributed by atoms with Crippen LogP contribution in [-0.4, -0.2) is 47.4 Å². The van der Waals surface area contributed by atoms with E-state index in [4.69, 9.17) is 38.7 Å². The molecular formula is C26H32Cl2F3N7O2. The summed E-state index contributed by atoms with van der Waals surface area (Å²) in [6, 6.07) is 1.53. The van der Waals surface area contributed by atoms with Crippen LogP contribution in [0.1, 0.15) is 62.2 Å². The molecule has 1 saturated heterocycles. The minimum atomic E-state index is -4.60. The lowest BCUT2D eigenvalue weighted by Gasteiger charge is -2.30. The lowest BCUT2D eigenvalue weighted by Crippen LogP contribution is -2.29. The van der Waals surface area contributed by atoms with E-state index in [0.717, 1.165) is 31.4 Å². The lowest BCUT2D eigenvalue weighted by atomic mass is 9.85. The van der Waals surface area contributed by atoms with Gasteiger partial charge in [0.05, 0.1) is 33.0 Å². The molecule has 4 N–H and O–H groups in total. The largest absolute Gasteiger partial charge is 0.416 e. The van der Waals surface area contributed by atoms with E-state index in [0.29, 0.717) is 62.3 Å². The fraction of sp³-hybridized carbons (Fsp3) is 0.538. The number of primary amides is 1. The van der Waals surface area contributed by atoms with E-state index < -0.39 is 11.7 Å². The highest BCUT2D eigenvalue weighted by Crippen LogP contribution is 2.42. The highest BCUT2D eigenvalue weighted by atomic mass is 35.5. The number of imidazole rings is 1. The number of guanidine groups is 1. The molecule has 0 radical (unpaired) electrons. The Bertz CT molecular complexity index is 1240. The number of aliphatic imine (C=N–C) groups is 2. The van der Waals surface area contributed by atoms with E-state index in [9.17, 15) is 18.0 Å². The van der Waals surface area contributed by atoms with Crippen LogP contribution in [0.15, 0.2) is 22.1 Å². The van der Waals surface area contributed by atoms with Gasteiger partial charge in [0.25, 0.3) is 0 Å². The van der Waals surface area contributed by atoms with Gasteiger partial charge in [-0.25, -0.2) is 15.0 Å². The number of nitrogens with two attached hydrogens (primary N) is 1. The maximum Gasteiger partial charge on any atom is 0.416 e. The third-order valence-corrected chi connectivity index (χ3v) is 7.86. The van der Waals surface area contributed by atoms with Crippen LogP contribution in [0.3, 0.4) is 0 Å². The van der Waals surface area contributed by atoms with Gasteiger partial charge in [-0.3, -0.25) is 9.36 Å². The van der Waals surface area contributed by atoms with Crippen LogP contribution in [0, 0.1) is 12.8 Å². The zero-order valence-corrected chi connectivity index (χ0v) is 23.5. The maximum atomic E-state index is 13.3. The first-order chi connectivity index (χ1) is 19.0. The highest BCUT2D eigenvalue weighted by Gasteiger charge is 2.33. The summed E-state index contributed by atoms with van der Waals surface area (Å²) in [5, 5.41) is 5.90. The van der Waals surface area contributed by atoms with Crippen LogP contribution in [0.2, 0.25) is 10.0 Å². The number of ether oxygens (including phenoxy) is 1. The number of aryl methyl sites for hydroxylation is 1. The first-order valence-electron chi connectivity index (χ1n) is 13.1. The summed E-state index contributed by atoms with van der Waals surface area (Å²) < 4.78 is 47.3. The van der Waals surface area contributed by atoms with Crippen molar-refractivity contribution in [3.63, 3.8) is 0 Å². The molecule has 2 aromatic rings. The second-order valence-corrected chi connectivity index (χ2v) is 10.8. The van der Waals surface area contributed by atoms with E-state index >= 15 is 0 Å². The Morgan fingerprint density at radius 1 is 1.15 bits per heavy atom. The number of benzene rings is 1. The zero-order chi connectivity index (χ0) is 29.0. The molecule has 9 nitrogen and oxygen atoms in total. The number of nitrogens with zero attached hydrogens (tertiary/aromatic N) is 4. The maximum absolute atomic E-state index is 13.3. The van der Waals surface area contributed by atoms with E-state index in [2.05, 4.69) is 27.3 Å². The van der Waals surface area contributed by atoms with Gasteiger partial charge in [-0.15, -0.1) is 0 Å². The second kappa shape index (κ2) is 12.8. The second-order valence-electron chi connectivity index (χ2n) is 10.0.